The Morgan fingerprint density at radius 3 is 2.32 bits per heavy atom. The topological polar surface area (TPSA) is 74.6 Å². The van der Waals surface area contributed by atoms with Crippen LogP contribution >= 0.6 is 23.1 Å². The highest BCUT2D eigenvalue weighted by atomic mass is 32.2. The number of aromatic hydroxyl groups is 1. The third-order valence-corrected chi connectivity index (χ3v) is 6.93. The molecule has 3 rings (SSSR count). The molecule has 0 aliphatic heterocycles. The van der Waals surface area contributed by atoms with Gasteiger partial charge in [-0.05, 0) is 40.7 Å². The molecule has 0 saturated heterocycles. The lowest BCUT2D eigenvalue weighted by molar-refractivity contribution is -0.118. The van der Waals surface area contributed by atoms with Gasteiger partial charge in [-0.2, -0.15) is 5.10 Å². The number of thiazole rings is 1. The van der Waals surface area contributed by atoms with Crippen LogP contribution in [-0.4, -0.2) is 28.0 Å². The zero-order chi connectivity index (χ0) is 22.8. The van der Waals surface area contributed by atoms with E-state index in [2.05, 4.69) is 57.1 Å². The predicted octanol–water partition coefficient (Wildman–Crippen LogP) is 5.84. The van der Waals surface area contributed by atoms with E-state index in [0.29, 0.717) is 5.75 Å². The molecule has 1 amide bonds. The summed E-state index contributed by atoms with van der Waals surface area (Å²) in [6.45, 7) is 12.4. The third-order valence-electron chi connectivity index (χ3n) is 4.75. The molecular weight excluding hydrogens is 426 g/mol. The number of benzene rings is 2. The number of fused-ring (bicyclic) bond motifs is 1. The molecule has 0 atom stereocenters. The second-order valence-electron chi connectivity index (χ2n) is 9.49. The summed E-state index contributed by atoms with van der Waals surface area (Å²) in [7, 11) is 0. The van der Waals surface area contributed by atoms with Crippen molar-refractivity contribution >= 4 is 45.4 Å². The van der Waals surface area contributed by atoms with Gasteiger partial charge in [0.2, 0.25) is 0 Å². The van der Waals surface area contributed by atoms with E-state index in [-0.39, 0.29) is 22.5 Å². The molecule has 0 radical (unpaired) electrons. The molecule has 164 valence electrons. The molecule has 5 nitrogen and oxygen atoms in total. The lowest BCUT2D eigenvalue weighted by atomic mass is 9.78. The summed E-state index contributed by atoms with van der Waals surface area (Å²) in [4.78, 5) is 16.7. The minimum absolute atomic E-state index is 0.189. The number of aromatic nitrogens is 1. The van der Waals surface area contributed by atoms with Crippen molar-refractivity contribution in [2.75, 3.05) is 5.75 Å². The summed E-state index contributed by atoms with van der Waals surface area (Å²) in [5.41, 5.74) is 5.67. The standard InChI is InChI=1S/C24H29N3O2S2/c1-23(2,3)16-11-15(12-17(21(16)29)24(4,5)6)13-25-27-20(28)14-30-22-26-18-9-7-8-10-19(18)31-22/h7-13,29H,14H2,1-6H3,(H,27,28)/b25-13+. The van der Waals surface area contributed by atoms with Crippen molar-refractivity contribution in [3.63, 3.8) is 0 Å². The molecule has 0 saturated carbocycles. The van der Waals surface area contributed by atoms with Crippen LogP contribution in [0.2, 0.25) is 0 Å². The molecule has 0 bridgehead atoms. The Morgan fingerprint density at radius 2 is 1.74 bits per heavy atom. The van der Waals surface area contributed by atoms with Crippen LogP contribution in [-0.2, 0) is 15.6 Å². The van der Waals surface area contributed by atoms with Crippen molar-refractivity contribution in [2.24, 2.45) is 5.10 Å². The molecule has 2 aromatic carbocycles. The SMILES string of the molecule is CC(C)(C)c1cc(/C=N/NC(=O)CSc2nc3ccccc3s2)cc(C(C)(C)C)c1O. The normalized spacial score (nSPS) is 12.6. The first-order valence-electron chi connectivity index (χ1n) is 10.1. The summed E-state index contributed by atoms with van der Waals surface area (Å²) >= 11 is 2.98. The summed E-state index contributed by atoms with van der Waals surface area (Å²) < 4.78 is 1.98. The molecule has 0 aliphatic carbocycles. The van der Waals surface area contributed by atoms with Gasteiger partial charge in [0.15, 0.2) is 4.34 Å². The molecule has 3 aromatic rings. The van der Waals surface area contributed by atoms with Crippen LogP contribution in [0.15, 0.2) is 45.8 Å². The van der Waals surface area contributed by atoms with Gasteiger partial charge < -0.3 is 5.11 Å². The smallest absolute Gasteiger partial charge is 0.250 e. The van der Waals surface area contributed by atoms with Crippen LogP contribution in [0.1, 0.15) is 58.2 Å². The van der Waals surface area contributed by atoms with Crippen molar-refractivity contribution in [1.29, 1.82) is 0 Å². The Balaban J connectivity index is 1.68. The van der Waals surface area contributed by atoms with Crippen LogP contribution in [0.25, 0.3) is 10.2 Å². The fraction of sp³-hybridized carbons (Fsp3) is 0.375. The maximum Gasteiger partial charge on any atom is 0.250 e. The Hall–Kier alpha value is -2.38. The van der Waals surface area contributed by atoms with Crippen LogP contribution in [0.5, 0.6) is 5.75 Å². The molecule has 0 fully saturated rings. The lowest BCUT2D eigenvalue weighted by Crippen LogP contribution is -2.20. The number of carbonyl (C=O) groups excluding carboxylic acids is 1. The molecule has 31 heavy (non-hydrogen) atoms. The van der Waals surface area contributed by atoms with E-state index in [4.69, 9.17) is 0 Å². The minimum Gasteiger partial charge on any atom is -0.507 e. The number of hydrogen-bond acceptors (Lipinski definition) is 6. The van der Waals surface area contributed by atoms with Gasteiger partial charge in [-0.15, -0.1) is 11.3 Å². The first-order chi connectivity index (χ1) is 14.4. The van der Waals surface area contributed by atoms with E-state index in [1.54, 1.807) is 17.6 Å². The van der Waals surface area contributed by atoms with Crippen molar-refractivity contribution < 1.29 is 9.90 Å². The second-order valence-corrected chi connectivity index (χ2v) is 11.7. The summed E-state index contributed by atoms with van der Waals surface area (Å²) in [5, 5.41) is 14.9. The summed E-state index contributed by atoms with van der Waals surface area (Å²) in [6, 6.07) is 11.8. The Bertz CT molecular complexity index is 1050. The van der Waals surface area contributed by atoms with Gasteiger partial charge in [-0.25, -0.2) is 10.4 Å². The van der Waals surface area contributed by atoms with Gasteiger partial charge in [-0.3, -0.25) is 4.79 Å². The zero-order valence-electron chi connectivity index (χ0n) is 18.8. The fourth-order valence-corrected chi connectivity index (χ4v) is 4.99. The van der Waals surface area contributed by atoms with Gasteiger partial charge in [0, 0.05) is 11.1 Å². The van der Waals surface area contributed by atoms with Crippen molar-refractivity contribution in [3.05, 3.63) is 53.1 Å². The second kappa shape index (κ2) is 9.01. The van der Waals surface area contributed by atoms with Gasteiger partial charge in [0.25, 0.3) is 5.91 Å². The number of thioether (sulfide) groups is 1. The van der Waals surface area contributed by atoms with E-state index < -0.39 is 0 Å². The molecule has 0 aliphatic rings. The largest absolute Gasteiger partial charge is 0.507 e. The number of phenols is 1. The van der Waals surface area contributed by atoms with Crippen molar-refractivity contribution in [2.45, 2.75) is 56.7 Å². The first-order valence-corrected chi connectivity index (χ1v) is 11.9. The Morgan fingerprint density at radius 1 is 1.13 bits per heavy atom. The predicted molar refractivity (Wildman–Crippen MR) is 132 cm³/mol. The van der Waals surface area contributed by atoms with Gasteiger partial charge in [-0.1, -0.05) is 65.4 Å². The van der Waals surface area contributed by atoms with Crippen LogP contribution in [0, 0.1) is 0 Å². The number of nitrogens with one attached hydrogen (secondary N) is 1. The van der Waals surface area contributed by atoms with E-state index in [0.717, 1.165) is 31.2 Å². The average Bonchev–Trinajstić information content (AvgIpc) is 3.08. The molecular formula is C24H29N3O2S2. The summed E-state index contributed by atoms with van der Waals surface area (Å²) in [6.07, 6.45) is 1.63. The number of hydrogen-bond donors (Lipinski definition) is 2. The van der Waals surface area contributed by atoms with Gasteiger partial charge >= 0.3 is 0 Å². The third kappa shape index (κ3) is 5.86. The number of para-hydroxylation sites is 1. The van der Waals surface area contributed by atoms with E-state index >= 15 is 0 Å². The maximum absolute atomic E-state index is 12.2. The van der Waals surface area contributed by atoms with E-state index in [1.807, 2.05) is 36.4 Å². The molecule has 7 heteroatoms. The maximum atomic E-state index is 12.2. The average molecular weight is 456 g/mol. The van der Waals surface area contributed by atoms with Crippen LogP contribution in [0.4, 0.5) is 0 Å². The van der Waals surface area contributed by atoms with Crippen molar-refractivity contribution in [1.82, 2.24) is 10.4 Å². The molecule has 0 spiro atoms. The first kappa shape index (κ1) is 23.3. The highest BCUT2D eigenvalue weighted by molar-refractivity contribution is 8.01. The van der Waals surface area contributed by atoms with E-state index in [1.165, 1.54) is 11.8 Å². The number of hydrazone groups is 1. The lowest BCUT2D eigenvalue weighted by Gasteiger charge is -2.27. The fourth-order valence-electron chi connectivity index (χ4n) is 3.13. The number of phenolic OH excluding ortho intramolecular Hbond substituents is 1. The number of rotatable bonds is 5. The molecule has 1 heterocycles. The number of amides is 1. The highest BCUT2D eigenvalue weighted by Crippen LogP contribution is 2.39. The van der Waals surface area contributed by atoms with Crippen molar-refractivity contribution in [3.8, 4) is 5.75 Å². The van der Waals surface area contributed by atoms with Crippen LogP contribution in [0.3, 0.4) is 0 Å². The molecule has 2 N–H and O–H groups in total. The minimum atomic E-state index is -0.217. The number of carbonyl (C=O) groups is 1. The van der Waals surface area contributed by atoms with Crippen LogP contribution < -0.4 is 5.43 Å². The Kier molecular flexibility index (Phi) is 6.76. The summed E-state index contributed by atoms with van der Waals surface area (Å²) in [5.74, 6) is 0.382. The monoisotopic (exact) mass is 455 g/mol. The Labute approximate surface area is 192 Å². The molecule has 0 unspecified atom stereocenters. The molecule has 1 aromatic heterocycles. The highest BCUT2D eigenvalue weighted by Gasteiger charge is 2.26. The van der Waals surface area contributed by atoms with Gasteiger partial charge in [0.05, 0.1) is 22.2 Å². The quantitative estimate of drug-likeness (QED) is 0.288. The number of nitrogens with zero attached hydrogens (tertiary/aromatic N) is 2. The van der Waals surface area contributed by atoms with Gasteiger partial charge in [0.1, 0.15) is 5.75 Å². The zero-order valence-corrected chi connectivity index (χ0v) is 20.4. The van der Waals surface area contributed by atoms with E-state index in [9.17, 15) is 9.90 Å².